The third-order valence-electron chi connectivity index (χ3n) is 2.57. The zero-order chi connectivity index (χ0) is 12.8. The van der Waals surface area contributed by atoms with Crippen LogP contribution in [-0.2, 0) is 4.74 Å². The van der Waals surface area contributed by atoms with Crippen molar-refractivity contribution in [3.8, 4) is 5.75 Å². The van der Waals surface area contributed by atoms with Gasteiger partial charge in [-0.25, -0.2) is 4.79 Å². The normalized spacial score (nSPS) is 14.9. The van der Waals surface area contributed by atoms with E-state index in [1.54, 1.807) is 18.2 Å². The standard InChI is InChI=1S/C13H16N2O3/c1-17-12-5-2-4-11(10-12)14-6-3-7-15-8-9-18-13(15)16/h2-5,7,10,14H,6,8-9H2,1H3/b7-3+. The maximum Gasteiger partial charge on any atom is 0.413 e. The molecule has 2 rings (SSSR count). The first kappa shape index (κ1) is 12.3. The van der Waals surface area contributed by atoms with Gasteiger partial charge in [0, 0.05) is 24.5 Å². The Hall–Kier alpha value is -2.17. The highest BCUT2D eigenvalue weighted by Crippen LogP contribution is 2.16. The van der Waals surface area contributed by atoms with E-state index in [4.69, 9.17) is 9.47 Å². The number of rotatable bonds is 5. The van der Waals surface area contributed by atoms with Crippen molar-refractivity contribution < 1.29 is 14.3 Å². The van der Waals surface area contributed by atoms with Crippen LogP contribution in [0.1, 0.15) is 0 Å². The maximum absolute atomic E-state index is 11.1. The number of hydrogen-bond donors (Lipinski definition) is 1. The fourth-order valence-electron chi connectivity index (χ4n) is 1.63. The van der Waals surface area contributed by atoms with Gasteiger partial charge in [-0.15, -0.1) is 0 Å². The molecule has 1 heterocycles. The summed E-state index contributed by atoms with van der Waals surface area (Å²) in [6.07, 6.45) is 3.34. The molecule has 1 aliphatic heterocycles. The van der Waals surface area contributed by atoms with E-state index < -0.39 is 0 Å². The molecule has 0 saturated carbocycles. The molecule has 5 heteroatoms. The van der Waals surface area contributed by atoms with Crippen LogP contribution in [0.4, 0.5) is 10.5 Å². The average Bonchev–Trinajstić information content (AvgIpc) is 2.81. The van der Waals surface area contributed by atoms with Gasteiger partial charge in [-0.05, 0) is 18.2 Å². The van der Waals surface area contributed by atoms with E-state index in [1.165, 1.54) is 0 Å². The number of methoxy groups -OCH3 is 1. The van der Waals surface area contributed by atoms with Gasteiger partial charge in [0.15, 0.2) is 0 Å². The van der Waals surface area contributed by atoms with E-state index in [0.29, 0.717) is 19.7 Å². The summed E-state index contributed by atoms with van der Waals surface area (Å²) < 4.78 is 9.94. The molecule has 5 nitrogen and oxygen atoms in total. The Labute approximate surface area is 106 Å². The maximum atomic E-state index is 11.1. The zero-order valence-corrected chi connectivity index (χ0v) is 10.3. The summed E-state index contributed by atoms with van der Waals surface area (Å²) in [6, 6.07) is 7.68. The molecule has 0 bridgehead atoms. The van der Waals surface area contributed by atoms with Gasteiger partial charge in [0.25, 0.3) is 0 Å². The summed E-state index contributed by atoms with van der Waals surface area (Å²) in [4.78, 5) is 12.7. The minimum Gasteiger partial charge on any atom is -0.497 e. The first-order valence-electron chi connectivity index (χ1n) is 5.77. The summed E-state index contributed by atoms with van der Waals surface area (Å²) in [7, 11) is 1.64. The molecule has 0 aliphatic carbocycles. The number of cyclic esters (lactones) is 1. The minimum absolute atomic E-state index is 0.285. The smallest absolute Gasteiger partial charge is 0.413 e. The van der Waals surface area contributed by atoms with Crippen LogP contribution in [0.15, 0.2) is 36.5 Å². The second kappa shape index (κ2) is 5.95. The molecule has 0 spiro atoms. The molecule has 1 aromatic rings. The van der Waals surface area contributed by atoms with Crippen molar-refractivity contribution in [1.82, 2.24) is 4.90 Å². The lowest BCUT2D eigenvalue weighted by atomic mass is 10.3. The molecule has 1 N–H and O–H groups in total. The van der Waals surface area contributed by atoms with Gasteiger partial charge in [0.2, 0.25) is 0 Å². The monoisotopic (exact) mass is 248 g/mol. The highest BCUT2D eigenvalue weighted by Gasteiger charge is 2.18. The van der Waals surface area contributed by atoms with Crippen LogP contribution in [0.5, 0.6) is 5.75 Å². The van der Waals surface area contributed by atoms with Crippen molar-refractivity contribution in [3.63, 3.8) is 0 Å². The third kappa shape index (κ3) is 3.16. The van der Waals surface area contributed by atoms with Gasteiger partial charge in [-0.2, -0.15) is 0 Å². The first-order valence-corrected chi connectivity index (χ1v) is 5.77. The molecule has 1 aromatic carbocycles. The molecule has 18 heavy (non-hydrogen) atoms. The van der Waals surface area contributed by atoms with Gasteiger partial charge in [-0.1, -0.05) is 6.07 Å². The molecule has 1 fully saturated rings. The van der Waals surface area contributed by atoms with Gasteiger partial charge in [-0.3, -0.25) is 4.90 Å². The number of carbonyl (C=O) groups excluding carboxylic acids is 1. The molecular formula is C13H16N2O3. The predicted molar refractivity (Wildman–Crippen MR) is 68.7 cm³/mol. The Bertz CT molecular complexity index is 446. The quantitative estimate of drug-likeness (QED) is 0.866. The van der Waals surface area contributed by atoms with E-state index in [9.17, 15) is 4.79 Å². The number of ether oxygens (including phenoxy) is 2. The topological polar surface area (TPSA) is 50.8 Å². The Kier molecular flexibility index (Phi) is 4.06. The Morgan fingerprint density at radius 3 is 3.17 bits per heavy atom. The Morgan fingerprint density at radius 1 is 1.56 bits per heavy atom. The molecule has 1 saturated heterocycles. The van der Waals surface area contributed by atoms with E-state index >= 15 is 0 Å². The summed E-state index contributed by atoms with van der Waals surface area (Å²) >= 11 is 0. The fraction of sp³-hybridized carbons (Fsp3) is 0.308. The highest BCUT2D eigenvalue weighted by atomic mass is 16.6. The van der Waals surface area contributed by atoms with Crippen molar-refractivity contribution in [2.24, 2.45) is 0 Å². The Balaban J connectivity index is 1.80. The second-order valence-corrected chi connectivity index (χ2v) is 3.81. The van der Waals surface area contributed by atoms with Crippen molar-refractivity contribution in [1.29, 1.82) is 0 Å². The summed E-state index contributed by atoms with van der Waals surface area (Å²) in [5, 5.41) is 3.21. The number of anilines is 1. The number of nitrogens with zero attached hydrogens (tertiary/aromatic N) is 1. The lowest BCUT2D eigenvalue weighted by Crippen LogP contribution is -2.17. The molecule has 0 aromatic heterocycles. The number of carbonyl (C=O) groups is 1. The molecule has 1 aliphatic rings. The van der Waals surface area contributed by atoms with Gasteiger partial charge in [0.1, 0.15) is 12.4 Å². The van der Waals surface area contributed by atoms with Crippen LogP contribution >= 0.6 is 0 Å². The van der Waals surface area contributed by atoms with Gasteiger partial charge in [0.05, 0.1) is 13.7 Å². The van der Waals surface area contributed by atoms with Crippen LogP contribution in [0.2, 0.25) is 0 Å². The summed E-state index contributed by atoms with van der Waals surface area (Å²) in [5.74, 6) is 0.812. The zero-order valence-electron chi connectivity index (χ0n) is 10.3. The fourth-order valence-corrected chi connectivity index (χ4v) is 1.63. The summed E-state index contributed by atoms with van der Waals surface area (Å²) in [5.41, 5.74) is 0.975. The molecule has 0 unspecified atom stereocenters. The third-order valence-corrected chi connectivity index (χ3v) is 2.57. The van der Waals surface area contributed by atoms with E-state index in [2.05, 4.69) is 5.32 Å². The lowest BCUT2D eigenvalue weighted by Gasteiger charge is -2.07. The van der Waals surface area contributed by atoms with Crippen molar-refractivity contribution in [2.45, 2.75) is 0 Å². The van der Waals surface area contributed by atoms with Crippen LogP contribution < -0.4 is 10.1 Å². The van der Waals surface area contributed by atoms with Crippen molar-refractivity contribution >= 4 is 11.8 Å². The molecule has 0 atom stereocenters. The SMILES string of the molecule is COc1cccc(NC/C=C/N2CCOC2=O)c1. The van der Waals surface area contributed by atoms with Crippen LogP contribution in [0.3, 0.4) is 0 Å². The van der Waals surface area contributed by atoms with Crippen molar-refractivity contribution in [2.75, 3.05) is 32.1 Å². The largest absolute Gasteiger partial charge is 0.497 e. The van der Waals surface area contributed by atoms with Crippen LogP contribution in [0, 0.1) is 0 Å². The minimum atomic E-state index is -0.285. The van der Waals surface area contributed by atoms with Gasteiger partial charge >= 0.3 is 6.09 Å². The number of hydrogen-bond acceptors (Lipinski definition) is 4. The molecular weight excluding hydrogens is 232 g/mol. The lowest BCUT2D eigenvalue weighted by molar-refractivity contribution is 0.166. The van der Waals surface area contributed by atoms with Crippen LogP contribution in [-0.4, -0.2) is 37.8 Å². The molecule has 1 amide bonds. The number of benzene rings is 1. The Morgan fingerprint density at radius 2 is 2.44 bits per heavy atom. The van der Waals surface area contributed by atoms with Gasteiger partial charge < -0.3 is 14.8 Å². The van der Waals surface area contributed by atoms with E-state index in [-0.39, 0.29) is 6.09 Å². The predicted octanol–water partition coefficient (Wildman–Crippen LogP) is 2.07. The summed E-state index contributed by atoms with van der Waals surface area (Å²) in [6.45, 7) is 1.72. The molecule has 96 valence electrons. The van der Waals surface area contributed by atoms with E-state index in [1.807, 2.05) is 30.3 Å². The average molecular weight is 248 g/mol. The number of amides is 1. The number of nitrogens with one attached hydrogen (secondary N) is 1. The van der Waals surface area contributed by atoms with Crippen LogP contribution in [0.25, 0.3) is 0 Å². The molecule has 0 radical (unpaired) electrons. The first-order chi connectivity index (χ1) is 8.79. The highest BCUT2D eigenvalue weighted by molar-refractivity contribution is 5.70. The second-order valence-electron chi connectivity index (χ2n) is 3.81. The van der Waals surface area contributed by atoms with E-state index in [0.717, 1.165) is 11.4 Å². The van der Waals surface area contributed by atoms with Crippen molar-refractivity contribution in [3.05, 3.63) is 36.5 Å².